The molecule has 114 valence electrons. The minimum absolute atomic E-state index is 0.0166. The minimum atomic E-state index is 0.0166. The maximum atomic E-state index is 12.0. The Morgan fingerprint density at radius 3 is 3.05 bits per heavy atom. The smallest absolute Gasteiger partial charge is 0.233 e. The first-order chi connectivity index (χ1) is 10.3. The predicted molar refractivity (Wildman–Crippen MR) is 79.4 cm³/mol. The number of carbonyl (C=O) groups excluding carboxylic acids is 1. The van der Waals surface area contributed by atoms with Crippen LogP contribution in [0.3, 0.4) is 0 Å². The van der Waals surface area contributed by atoms with Crippen molar-refractivity contribution in [3.8, 4) is 11.5 Å². The Morgan fingerprint density at radius 1 is 1.33 bits per heavy atom. The van der Waals surface area contributed by atoms with Crippen molar-refractivity contribution in [3.05, 3.63) is 23.8 Å². The van der Waals surface area contributed by atoms with Gasteiger partial charge in [-0.05, 0) is 17.7 Å². The topological polar surface area (TPSA) is 71.0 Å². The highest BCUT2D eigenvalue weighted by Crippen LogP contribution is 2.42. The van der Waals surface area contributed by atoms with Crippen LogP contribution in [-0.4, -0.2) is 54.7 Å². The van der Waals surface area contributed by atoms with Crippen molar-refractivity contribution in [1.29, 1.82) is 0 Å². The number of amides is 1. The molecule has 2 heterocycles. The summed E-state index contributed by atoms with van der Waals surface area (Å²) in [7, 11) is 0. The van der Waals surface area contributed by atoms with E-state index >= 15 is 0 Å². The molecule has 1 fully saturated rings. The van der Waals surface area contributed by atoms with Crippen LogP contribution >= 0.6 is 11.8 Å². The van der Waals surface area contributed by atoms with Crippen LogP contribution in [0.1, 0.15) is 10.9 Å². The molecule has 0 spiro atoms. The molecule has 1 aromatic carbocycles. The van der Waals surface area contributed by atoms with Crippen molar-refractivity contribution < 1.29 is 19.4 Å². The van der Waals surface area contributed by atoms with Gasteiger partial charge in [0.2, 0.25) is 12.7 Å². The summed E-state index contributed by atoms with van der Waals surface area (Å²) in [6, 6.07) is 5.83. The van der Waals surface area contributed by atoms with Crippen LogP contribution in [0, 0.1) is 0 Å². The van der Waals surface area contributed by atoms with Crippen molar-refractivity contribution in [2.24, 2.45) is 0 Å². The van der Waals surface area contributed by atoms with Gasteiger partial charge in [0.15, 0.2) is 11.5 Å². The summed E-state index contributed by atoms with van der Waals surface area (Å²) in [6.45, 7) is 2.21. The number of fused-ring (bicyclic) bond motifs is 1. The van der Waals surface area contributed by atoms with Gasteiger partial charge in [-0.1, -0.05) is 6.07 Å². The fourth-order valence-electron chi connectivity index (χ4n) is 2.44. The van der Waals surface area contributed by atoms with E-state index < -0.39 is 0 Å². The number of aliphatic hydroxyl groups excluding tert-OH is 1. The molecule has 0 aromatic heterocycles. The van der Waals surface area contributed by atoms with E-state index in [1.165, 1.54) is 0 Å². The molecule has 2 aliphatic heterocycles. The van der Waals surface area contributed by atoms with Crippen LogP contribution in [0.25, 0.3) is 0 Å². The number of nitrogens with zero attached hydrogens (tertiary/aromatic N) is 1. The van der Waals surface area contributed by atoms with E-state index in [1.807, 2.05) is 23.1 Å². The molecule has 0 aliphatic carbocycles. The lowest BCUT2D eigenvalue weighted by atomic mass is 10.2. The lowest BCUT2D eigenvalue weighted by Crippen LogP contribution is -2.35. The van der Waals surface area contributed by atoms with Gasteiger partial charge in [0.1, 0.15) is 5.37 Å². The molecular weight excluding hydrogens is 292 g/mol. The summed E-state index contributed by atoms with van der Waals surface area (Å²) in [5.41, 5.74) is 1.05. The van der Waals surface area contributed by atoms with E-state index in [1.54, 1.807) is 11.8 Å². The van der Waals surface area contributed by atoms with Crippen LogP contribution in [-0.2, 0) is 4.79 Å². The third-order valence-electron chi connectivity index (χ3n) is 3.47. The van der Waals surface area contributed by atoms with E-state index in [2.05, 4.69) is 5.32 Å². The van der Waals surface area contributed by atoms with Crippen molar-refractivity contribution >= 4 is 17.7 Å². The molecule has 1 saturated heterocycles. The van der Waals surface area contributed by atoms with Crippen molar-refractivity contribution in [2.75, 3.05) is 38.8 Å². The second kappa shape index (κ2) is 6.55. The summed E-state index contributed by atoms with van der Waals surface area (Å²) in [4.78, 5) is 13.9. The zero-order valence-electron chi connectivity index (χ0n) is 11.6. The van der Waals surface area contributed by atoms with Gasteiger partial charge in [0, 0.05) is 19.6 Å². The molecule has 1 amide bonds. The lowest BCUT2D eigenvalue weighted by molar-refractivity contribution is -0.128. The van der Waals surface area contributed by atoms with Gasteiger partial charge >= 0.3 is 0 Å². The van der Waals surface area contributed by atoms with Crippen LogP contribution in [0.4, 0.5) is 0 Å². The third kappa shape index (κ3) is 3.09. The predicted octanol–water partition coefficient (Wildman–Crippen LogP) is 0.571. The molecule has 2 N–H and O–H groups in total. The van der Waals surface area contributed by atoms with Gasteiger partial charge in [0.05, 0.1) is 12.4 Å². The minimum Gasteiger partial charge on any atom is -0.454 e. The molecule has 1 unspecified atom stereocenters. The second-order valence-corrected chi connectivity index (χ2v) is 5.91. The summed E-state index contributed by atoms with van der Waals surface area (Å²) in [5, 5.41) is 11.9. The SMILES string of the molecule is O=C1CSC(c2ccc3c(c2)OCO3)N1CCNCCO. The number of benzene rings is 1. The van der Waals surface area contributed by atoms with Crippen LogP contribution < -0.4 is 14.8 Å². The maximum absolute atomic E-state index is 12.0. The Hall–Kier alpha value is -1.44. The first-order valence-electron chi connectivity index (χ1n) is 6.92. The van der Waals surface area contributed by atoms with Gasteiger partial charge in [-0.2, -0.15) is 0 Å². The molecule has 7 heteroatoms. The number of hydrogen-bond acceptors (Lipinski definition) is 6. The summed E-state index contributed by atoms with van der Waals surface area (Å²) in [5.74, 6) is 2.14. The number of hydrogen-bond donors (Lipinski definition) is 2. The van der Waals surface area contributed by atoms with Gasteiger partial charge < -0.3 is 24.8 Å². The Kier molecular flexibility index (Phi) is 4.52. The van der Waals surface area contributed by atoms with E-state index in [9.17, 15) is 4.79 Å². The average molecular weight is 310 g/mol. The lowest BCUT2D eigenvalue weighted by Gasteiger charge is -2.24. The van der Waals surface area contributed by atoms with Crippen molar-refractivity contribution in [1.82, 2.24) is 10.2 Å². The molecule has 6 nitrogen and oxygen atoms in total. The molecule has 0 bridgehead atoms. The zero-order chi connectivity index (χ0) is 14.7. The molecule has 1 atom stereocenters. The first-order valence-corrected chi connectivity index (χ1v) is 7.96. The van der Waals surface area contributed by atoms with Gasteiger partial charge in [-0.25, -0.2) is 0 Å². The molecule has 2 aliphatic rings. The van der Waals surface area contributed by atoms with E-state index in [0.29, 0.717) is 25.4 Å². The molecule has 3 rings (SSSR count). The highest BCUT2D eigenvalue weighted by Gasteiger charge is 2.33. The molecule has 21 heavy (non-hydrogen) atoms. The second-order valence-electron chi connectivity index (χ2n) is 4.84. The van der Waals surface area contributed by atoms with Crippen molar-refractivity contribution in [2.45, 2.75) is 5.37 Å². The van der Waals surface area contributed by atoms with Crippen LogP contribution in [0.2, 0.25) is 0 Å². The fourth-order valence-corrected chi connectivity index (χ4v) is 3.65. The standard InChI is InChI=1S/C14H18N2O4S/c17-6-4-15-3-5-16-13(18)8-21-14(16)10-1-2-11-12(7-10)20-9-19-11/h1-2,7,14-15,17H,3-6,8-9H2. The molecular formula is C14H18N2O4S. The number of ether oxygens (including phenoxy) is 2. The average Bonchev–Trinajstić information content (AvgIpc) is 3.09. The zero-order valence-corrected chi connectivity index (χ0v) is 12.4. The molecule has 0 saturated carbocycles. The van der Waals surface area contributed by atoms with Crippen LogP contribution in [0.15, 0.2) is 18.2 Å². The highest BCUT2D eigenvalue weighted by molar-refractivity contribution is 8.00. The van der Waals surface area contributed by atoms with Crippen LogP contribution in [0.5, 0.6) is 11.5 Å². The van der Waals surface area contributed by atoms with Crippen molar-refractivity contribution in [3.63, 3.8) is 0 Å². The molecule has 0 radical (unpaired) electrons. The quantitative estimate of drug-likeness (QED) is 0.749. The Morgan fingerprint density at radius 2 is 2.19 bits per heavy atom. The Bertz CT molecular complexity index is 526. The number of nitrogens with one attached hydrogen (secondary N) is 1. The maximum Gasteiger partial charge on any atom is 0.233 e. The molecule has 1 aromatic rings. The van der Waals surface area contributed by atoms with Gasteiger partial charge in [-0.3, -0.25) is 4.79 Å². The monoisotopic (exact) mass is 310 g/mol. The van der Waals surface area contributed by atoms with E-state index in [4.69, 9.17) is 14.6 Å². The highest BCUT2D eigenvalue weighted by atomic mass is 32.2. The third-order valence-corrected chi connectivity index (χ3v) is 4.72. The normalized spacial score (nSPS) is 20.3. The van der Waals surface area contributed by atoms with Gasteiger partial charge in [-0.15, -0.1) is 11.8 Å². The number of rotatable bonds is 6. The largest absolute Gasteiger partial charge is 0.454 e. The summed E-state index contributed by atoms with van der Waals surface area (Å²) >= 11 is 1.62. The summed E-state index contributed by atoms with van der Waals surface area (Å²) < 4.78 is 10.7. The fraction of sp³-hybridized carbons (Fsp3) is 0.500. The number of aliphatic hydroxyl groups is 1. The summed E-state index contributed by atoms with van der Waals surface area (Å²) in [6.07, 6.45) is 0. The van der Waals surface area contributed by atoms with E-state index in [0.717, 1.165) is 17.1 Å². The Labute approximate surface area is 127 Å². The van der Waals surface area contributed by atoms with Gasteiger partial charge in [0.25, 0.3) is 0 Å². The Balaban J connectivity index is 1.69. The first kappa shape index (κ1) is 14.5. The number of carbonyl (C=O) groups is 1. The van der Waals surface area contributed by atoms with E-state index in [-0.39, 0.29) is 24.7 Å². The number of thioether (sulfide) groups is 1.